The summed E-state index contributed by atoms with van der Waals surface area (Å²) < 4.78 is 1.98. The van der Waals surface area contributed by atoms with Crippen LogP contribution in [0.4, 0.5) is 0 Å². The Labute approximate surface area is 117 Å². The van der Waals surface area contributed by atoms with Crippen LogP contribution in [0.5, 0.6) is 0 Å². The lowest BCUT2D eigenvalue weighted by Crippen LogP contribution is -2.16. The molecule has 1 fully saturated rings. The summed E-state index contributed by atoms with van der Waals surface area (Å²) in [5.41, 5.74) is 2.75. The quantitative estimate of drug-likeness (QED) is 0.899. The lowest BCUT2D eigenvalue weighted by atomic mass is 10.1. The van der Waals surface area contributed by atoms with E-state index in [2.05, 4.69) is 16.4 Å². The van der Waals surface area contributed by atoms with E-state index in [1.165, 1.54) is 0 Å². The molecule has 1 N–H and O–H groups in total. The second-order valence-corrected chi connectivity index (χ2v) is 4.79. The molecule has 1 aliphatic rings. The van der Waals surface area contributed by atoms with Crippen molar-refractivity contribution >= 4 is 0 Å². The zero-order valence-electron chi connectivity index (χ0n) is 10.9. The van der Waals surface area contributed by atoms with E-state index in [0.717, 1.165) is 30.8 Å². The standard InChI is InChI=1S/C15H13N5/c16-7-11-3-4-13(6-12(11)8-17)20-10-18-9-15(20)14-2-1-5-19-14/h3-4,6,9-10,14,19H,1-2,5H2. The van der Waals surface area contributed by atoms with Crippen molar-refractivity contribution in [2.75, 3.05) is 6.54 Å². The van der Waals surface area contributed by atoms with Crippen molar-refractivity contribution in [3.63, 3.8) is 0 Å². The van der Waals surface area contributed by atoms with Gasteiger partial charge in [0.15, 0.2) is 0 Å². The number of aromatic nitrogens is 2. The molecule has 2 aromatic rings. The first-order valence-corrected chi connectivity index (χ1v) is 6.53. The largest absolute Gasteiger partial charge is 0.309 e. The molecule has 0 spiro atoms. The summed E-state index contributed by atoms with van der Waals surface area (Å²) in [6.07, 6.45) is 5.85. The van der Waals surface area contributed by atoms with E-state index in [-0.39, 0.29) is 0 Å². The fourth-order valence-electron chi connectivity index (χ4n) is 2.59. The van der Waals surface area contributed by atoms with Gasteiger partial charge in [0, 0.05) is 11.7 Å². The Balaban J connectivity index is 2.04. The maximum atomic E-state index is 9.11. The van der Waals surface area contributed by atoms with E-state index in [9.17, 15) is 0 Å². The van der Waals surface area contributed by atoms with Crippen LogP contribution in [0.1, 0.15) is 35.7 Å². The predicted molar refractivity (Wildman–Crippen MR) is 73.0 cm³/mol. The molecular formula is C15H13N5. The van der Waals surface area contributed by atoms with Crippen molar-refractivity contribution < 1.29 is 0 Å². The van der Waals surface area contributed by atoms with E-state index in [1.807, 2.05) is 22.9 Å². The van der Waals surface area contributed by atoms with Crippen molar-refractivity contribution in [3.8, 4) is 17.8 Å². The number of hydrogen-bond donors (Lipinski definition) is 1. The molecule has 1 unspecified atom stereocenters. The fourth-order valence-corrected chi connectivity index (χ4v) is 2.59. The van der Waals surface area contributed by atoms with Crippen LogP contribution in [0.2, 0.25) is 0 Å². The first-order valence-electron chi connectivity index (χ1n) is 6.53. The Kier molecular flexibility index (Phi) is 3.20. The Hall–Kier alpha value is -2.63. The van der Waals surface area contributed by atoms with Gasteiger partial charge in [-0.3, -0.25) is 0 Å². The van der Waals surface area contributed by atoms with Gasteiger partial charge in [0.1, 0.15) is 12.1 Å². The van der Waals surface area contributed by atoms with Crippen molar-refractivity contribution in [2.24, 2.45) is 0 Å². The molecule has 98 valence electrons. The van der Waals surface area contributed by atoms with Gasteiger partial charge in [-0.1, -0.05) is 0 Å². The molecule has 1 aliphatic heterocycles. The number of nitrogens with one attached hydrogen (secondary N) is 1. The fraction of sp³-hybridized carbons (Fsp3) is 0.267. The molecular weight excluding hydrogens is 250 g/mol. The monoisotopic (exact) mass is 263 g/mol. The molecule has 0 aliphatic carbocycles. The first kappa shape index (κ1) is 12.4. The summed E-state index contributed by atoms with van der Waals surface area (Å²) in [6.45, 7) is 1.02. The molecule has 0 saturated carbocycles. The van der Waals surface area contributed by atoms with E-state index in [1.54, 1.807) is 18.5 Å². The number of nitrogens with zero attached hydrogens (tertiary/aromatic N) is 4. The average Bonchev–Trinajstić information content (AvgIpc) is 3.16. The summed E-state index contributed by atoms with van der Waals surface area (Å²) in [7, 11) is 0. The molecule has 0 bridgehead atoms. The minimum atomic E-state index is 0.304. The molecule has 3 rings (SSSR count). The second kappa shape index (κ2) is 5.16. The molecule has 5 nitrogen and oxygen atoms in total. The molecule has 5 heteroatoms. The molecule has 1 aromatic heterocycles. The molecule has 0 amide bonds. The maximum absolute atomic E-state index is 9.11. The van der Waals surface area contributed by atoms with Crippen molar-refractivity contribution in [2.45, 2.75) is 18.9 Å². The van der Waals surface area contributed by atoms with E-state index >= 15 is 0 Å². The van der Waals surface area contributed by atoms with E-state index in [4.69, 9.17) is 10.5 Å². The third-order valence-electron chi connectivity index (χ3n) is 3.61. The van der Waals surface area contributed by atoms with Crippen LogP contribution in [0.25, 0.3) is 5.69 Å². The summed E-state index contributed by atoms with van der Waals surface area (Å²) in [5, 5.41) is 21.5. The third kappa shape index (κ3) is 2.05. The maximum Gasteiger partial charge on any atom is 0.101 e. The number of benzene rings is 1. The van der Waals surface area contributed by atoms with Crippen molar-refractivity contribution in [1.29, 1.82) is 10.5 Å². The minimum absolute atomic E-state index is 0.304. The Morgan fingerprint density at radius 3 is 2.80 bits per heavy atom. The van der Waals surface area contributed by atoms with Gasteiger partial charge in [-0.25, -0.2) is 4.98 Å². The molecule has 2 heterocycles. The van der Waals surface area contributed by atoms with Gasteiger partial charge in [0.25, 0.3) is 0 Å². The van der Waals surface area contributed by atoms with Gasteiger partial charge >= 0.3 is 0 Å². The Morgan fingerprint density at radius 1 is 1.25 bits per heavy atom. The van der Waals surface area contributed by atoms with Gasteiger partial charge in [0.05, 0.1) is 29.3 Å². The van der Waals surface area contributed by atoms with Crippen LogP contribution in [-0.4, -0.2) is 16.1 Å². The molecule has 20 heavy (non-hydrogen) atoms. The topological polar surface area (TPSA) is 77.4 Å². The molecule has 1 atom stereocenters. The number of rotatable bonds is 2. The highest BCUT2D eigenvalue weighted by Gasteiger charge is 2.20. The highest BCUT2D eigenvalue weighted by Crippen LogP contribution is 2.25. The molecule has 1 aromatic carbocycles. The number of nitriles is 2. The van der Waals surface area contributed by atoms with Gasteiger partial charge in [0.2, 0.25) is 0 Å². The second-order valence-electron chi connectivity index (χ2n) is 4.79. The minimum Gasteiger partial charge on any atom is -0.309 e. The van der Waals surface area contributed by atoms with E-state index in [0.29, 0.717) is 17.2 Å². The zero-order valence-corrected chi connectivity index (χ0v) is 10.9. The van der Waals surface area contributed by atoms with Gasteiger partial charge in [-0.05, 0) is 37.6 Å². The van der Waals surface area contributed by atoms with Crippen LogP contribution in [0.3, 0.4) is 0 Å². The highest BCUT2D eigenvalue weighted by molar-refractivity contribution is 5.52. The van der Waals surface area contributed by atoms with Crippen LogP contribution < -0.4 is 5.32 Å². The van der Waals surface area contributed by atoms with Crippen molar-refractivity contribution in [1.82, 2.24) is 14.9 Å². The van der Waals surface area contributed by atoms with Gasteiger partial charge in [-0.15, -0.1) is 0 Å². The van der Waals surface area contributed by atoms with Crippen LogP contribution in [0, 0.1) is 22.7 Å². The van der Waals surface area contributed by atoms with E-state index < -0.39 is 0 Å². The van der Waals surface area contributed by atoms with Crippen LogP contribution in [-0.2, 0) is 0 Å². The third-order valence-corrected chi connectivity index (χ3v) is 3.61. The van der Waals surface area contributed by atoms with Crippen molar-refractivity contribution in [3.05, 3.63) is 47.5 Å². The van der Waals surface area contributed by atoms with Gasteiger partial charge < -0.3 is 9.88 Å². The summed E-state index contributed by atoms with van der Waals surface area (Å²) in [5.74, 6) is 0. The lowest BCUT2D eigenvalue weighted by molar-refractivity contribution is 0.615. The number of hydrogen-bond acceptors (Lipinski definition) is 4. The molecule has 1 saturated heterocycles. The average molecular weight is 263 g/mol. The predicted octanol–water partition coefficient (Wildman–Crippen LogP) is 2.04. The summed E-state index contributed by atoms with van der Waals surface area (Å²) >= 11 is 0. The highest BCUT2D eigenvalue weighted by atomic mass is 15.1. The molecule has 0 radical (unpaired) electrons. The first-order chi connectivity index (χ1) is 9.83. The van der Waals surface area contributed by atoms with Crippen LogP contribution >= 0.6 is 0 Å². The Bertz CT molecular complexity index is 711. The Morgan fingerprint density at radius 2 is 2.10 bits per heavy atom. The lowest BCUT2D eigenvalue weighted by Gasteiger charge is -2.14. The van der Waals surface area contributed by atoms with Crippen LogP contribution in [0.15, 0.2) is 30.7 Å². The van der Waals surface area contributed by atoms with Gasteiger partial charge in [-0.2, -0.15) is 10.5 Å². The smallest absolute Gasteiger partial charge is 0.101 e. The normalized spacial score (nSPS) is 17.6. The summed E-state index contributed by atoms with van der Waals surface area (Å²) in [4.78, 5) is 4.22. The SMILES string of the molecule is N#Cc1ccc(-n2cncc2C2CCCN2)cc1C#N. The zero-order chi connectivity index (χ0) is 13.9. The number of imidazole rings is 1. The summed E-state index contributed by atoms with van der Waals surface area (Å²) in [6, 6.07) is 9.66.